The van der Waals surface area contributed by atoms with E-state index in [1.54, 1.807) is 6.07 Å². The SMILES string of the molecule is CCn1nc(C(=O)N2CCC[C@H]3CCCC[C@H]32)c2ccccc2c1=O. The Morgan fingerprint density at radius 2 is 1.84 bits per heavy atom. The highest BCUT2D eigenvalue weighted by Crippen LogP contribution is 2.36. The van der Waals surface area contributed by atoms with Crippen LogP contribution in [0.4, 0.5) is 0 Å². The quantitative estimate of drug-likeness (QED) is 0.844. The molecule has 25 heavy (non-hydrogen) atoms. The monoisotopic (exact) mass is 339 g/mol. The summed E-state index contributed by atoms with van der Waals surface area (Å²) in [6.45, 7) is 3.16. The Bertz CT molecular complexity index is 856. The lowest BCUT2D eigenvalue weighted by Crippen LogP contribution is -2.50. The fourth-order valence-electron chi connectivity index (χ4n) is 4.62. The molecule has 0 unspecified atom stereocenters. The molecule has 132 valence electrons. The molecule has 2 aromatic rings. The molecule has 2 fully saturated rings. The van der Waals surface area contributed by atoms with Crippen molar-refractivity contribution in [1.82, 2.24) is 14.7 Å². The standard InChI is InChI=1S/C20H25N3O2/c1-2-23-19(24)16-11-5-4-10-15(16)18(21-23)20(25)22-13-7-9-14-8-3-6-12-17(14)22/h4-5,10-11,14,17H,2-3,6-9,12-13H2,1H3/t14-,17-/m1/s1. The van der Waals surface area contributed by atoms with Gasteiger partial charge in [0.05, 0.1) is 5.39 Å². The molecule has 5 heteroatoms. The van der Waals surface area contributed by atoms with Crippen molar-refractivity contribution < 1.29 is 4.79 Å². The van der Waals surface area contributed by atoms with E-state index in [4.69, 9.17) is 0 Å². The van der Waals surface area contributed by atoms with Crippen molar-refractivity contribution in [2.24, 2.45) is 5.92 Å². The van der Waals surface area contributed by atoms with Crippen LogP contribution in [0.3, 0.4) is 0 Å². The van der Waals surface area contributed by atoms with E-state index in [9.17, 15) is 9.59 Å². The number of likely N-dealkylation sites (tertiary alicyclic amines) is 1. The first-order chi connectivity index (χ1) is 12.2. The molecule has 0 N–H and O–H groups in total. The average molecular weight is 339 g/mol. The molecule has 1 aliphatic heterocycles. The number of benzene rings is 1. The van der Waals surface area contributed by atoms with E-state index in [1.165, 1.54) is 30.4 Å². The number of amides is 1. The van der Waals surface area contributed by atoms with Gasteiger partial charge in [0.15, 0.2) is 5.69 Å². The molecule has 1 saturated heterocycles. The second kappa shape index (κ2) is 6.62. The maximum atomic E-state index is 13.4. The zero-order chi connectivity index (χ0) is 17.4. The molecule has 5 nitrogen and oxygen atoms in total. The van der Waals surface area contributed by atoms with Crippen LogP contribution in [0.1, 0.15) is 55.9 Å². The zero-order valence-corrected chi connectivity index (χ0v) is 14.8. The summed E-state index contributed by atoms with van der Waals surface area (Å²) in [7, 11) is 0. The fourth-order valence-corrected chi connectivity index (χ4v) is 4.62. The Morgan fingerprint density at radius 3 is 2.64 bits per heavy atom. The van der Waals surface area contributed by atoms with Gasteiger partial charge in [-0.05, 0) is 44.6 Å². The molecule has 1 aromatic carbocycles. The third kappa shape index (κ3) is 2.75. The molecular formula is C20H25N3O2. The van der Waals surface area contributed by atoms with Gasteiger partial charge in [-0.3, -0.25) is 9.59 Å². The highest BCUT2D eigenvalue weighted by molar-refractivity contribution is 6.04. The number of aryl methyl sites for hydroxylation is 1. The van der Waals surface area contributed by atoms with E-state index >= 15 is 0 Å². The maximum Gasteiger partial charge on any atom is 0.275 e. The van der Waals surface area contributed by atoms with E-state index in [-0.39, 0.29) is 11.5 Å². The summed E-state index contributed by atoms with van der Waals surface area (Å²) in [6, 6.07) is 7.70. The number of piperidine rings is 1. The minimum Gasteiger partial charge on any atom is -0.334 e. The van der Waals surface area contributed by atoms with Crippen molar-refractivity contribution >= 4 is 16.7 Å². The lowest BCUT2D eigenvalue weighted by Gasteiger charge is -2.44. The number of hydrogen-bond acceptors (Lipinski definition) is 3. The van der Waals surface area contributed by atoms with Crippen molar-refractivity contribution in [3.63, 3.8) is 0 Å². The van der Waals surface area contributed by atoms with Crippen LogP contribution in [0.5, 0.6) is 0 Å². The normalized spacial score (nSPS) is 23.5. The number of fused-ring (bicyclic) bond motifs is 2. The Kier molecular flexibility index (Phi) is 4.32. The van der Waals surface area contributed by atoms with E-state index in [0.717, 1.165) is 19.4 Å². The van der Waals surface area contributed by atoms with Crippen molar-refractivity contribution in [2.45, 2.75) is 58.0 Å². The predicted octanol–water partition coefficient (Wildman–Crippen LogP) is 3.21. The summed E-state index contributed by atoms with van der Waals surface area (Å²) in [5.74, 6) is 0.629. The molecule has 0 radical (unpaired) electrons. The summed E-state index contributed by atoms with van der Waals surface area (Å²) >= 11 is 0. The van der Waals surface area contributed by atoms with Crippen LogP contribution in [-0.4, -0.2) is 33.2 Å². The number of hydrogen-bond donors (Lipinski definition) is 0. The summed E-state index contributed by atoms with van der Waals surface area (Å²) in [4.78, 5) is 28.0. The average Bonchev–Trinajstić information content (AvgIpc) is 2.67. The lowest BCUT2D eigenvalue weighted by molar-refractivity contribution is 0.0385. The second-order valence-corrected chi connectivity index (χ2v) is 7.27. The topological polar surface area (TPSA) is 55.2 Å². The molecule has 4 rings (SSSR count). The first-order valence-electron chi connectivity index (χ1n) is 9.51. The summed E-state index contributed by atoms with van der Waals surface area (Å²) in [5.41, 5.74) is 0.312. The largest absolute Gasteiger partial charge is 0.334 e. The van der Waals surface area contributed by atoms with Gasteiger partial charge in [0.1, 0.15) is 0 Å². The van der Waals surface area contributed by atoms with Crippen molar-refractivity contribution in [3.05, 3.63) is 40.3 Å². The van der Waals surface area contributed by atoms with E-state index in [2.05, 4.69) is 5.10 Å². The molecule has 0 spiro atoms. The minimum atomic E-state index is -0.121. The molecule has 1 aromatic heterocycles. The molecule has 2 aliphatic rings. The van der Waals surface area contributed by atoms with Gasteiger partial charge in [-0.1, -0.05) is 31.0 Å². The molecule has 2 heterocycles. The van der Waals surface area contributed by atoms with Crippen molar-refractivity contribution in [3.8, 4) is 0 Å². The van der Waals surface area contributed by atoms with Gasteiger partial charge in [-0.2, -0.15) is 5.10 Å². The Balaban J connectivity index is 1.79. The molecule has 1 aliphatic carbocycles. The minimum absolute atomic E-state index is 0.00463. The molecular weight excluding hydrogens is 314 g/mol. The summed E-state index contributed by atoms with van der Waals surface area (Å²) < 4.78 is 1.41. The van der Waals surface area contributed by atoms with Gasteiger partial charge in [-0.15, -0.1) is 0 Å². The van der Waals surface area contributed by atoms with Crippen LogP contribution >= 0.6 is 0 Å². The Morgan fingerprint density at radius 1 is 1.12 bits per heavy atom. The predicted molar refractivity (Wildman–Crippen MR) is 97.7 cm³/mol. The van der Waals surface area contributed by atoms with Gasteiger partial charge in [0.2, 0.25) is 0 Å². The smallest absolute Gasteiger partial charge is 0.275 e. The van der Waals surface area contributed by atoms with Gasteiger partial charge in [0, 0.05) is 24.5 Å². The van der Waals surface area contributed by atoms with Gasteiger partial charge < -0.3 is 4.90 Å². The zero-order valence-electron chi connectivity index (χ0n) is 14.8. The van der Waals surface area contributed by atoms with Gasteiger partial charge >= 0.3 is 0 Å². The summed E-state index contributed by atoms with van der Waals surface area (Å²) in [6.07, 6.45) is 7.12. The highest BCUT2D eigenvalue weighted by atomic mass is 16.2. The Labute approximate surface area is 147 Å². The van der Waals surface area contributed by atoms with Crippen LogP contribution in [0.25, 0.3) is 10.8 Å². The van der Waals surface area contributed by atoms with Crippen LogP contribution in [-0.2, 0) is 6.54 Å². The van der Waals surface area contributed by atoms with Crippen LogP contribution < -0.4 is 5.56 Å². The van der Waals surface area contributed by atoms with Gasteiger partial charge in [-0.25, -0.2) is 4.68 Å². The Hall–Kier alpha value is -2.17. The highest BCUT2D eigenvalue weighted by Gasteiger charge is 2.37. The third-order valence-electron chi connectivity index (χ3n) is 5.87. The van der Waals surface area contributed by atoms with E-state index < -0.39 is 0 Å². The number of carbonyl (C=O) groups is 1. The van der Waals surface area contributed by atoms with Gasteiger partial charge in [0.25, 0.3) is 11.5 Å². The lowest BCUT2D eigenvalue weighted by atomic mass is 9.78. The second-order valence-electron chi connectivity index (χ2n) is 7.27. The fraction of sp³-hybridized carbons (Fsp3) is 0.550. The van der Waals surface area contributed by atoms with E-state index in [0.29, 0.717) is 35.0 Å². The number of carbonyl (C=O) groups excluding carboxylic acids is 1. The van der Waals surface area contributed by atoms with Crippen LogP contribution in [0.15, 0.2) is 29.1 Å². The third-order valence-corrected chi connectivity index (χ3v) is 5.87. The maximum absolute atomic E-state index is 13.4. The molecule has 1 saturated carbocycles. The summed E-state index contributed by atoms with van der Waals surface area (Å²) in [5, 5.41) is 5.71. The van der Waals surface area contributed by atoms with Crippen molar-refractivity contribution in [1.29, 1.82) is 0 Å². The van der Waals surface area contributed by atoms with Crippen LogP contribution in [0, 0.1) is 5.92 Å². The first kappa shape index (κ1) is 16.3. The number of aromatic nitrogens is 2. The number of rotatable bonds is 2. The molecule has 0 bridgehead atoms. The molecule has 1 amide bonds. The number of nitrogens with zero attached hydrogens (tertiary/aromatic N) is 3. The van der Waals surface area contributed by atoms with E-state index in [1.807, 2.05) is 30.0 Å². The first-order valence-corrected chi connectivity index (χ1v) is 9.51. The molecule has 2 atom stereocenters. The van der Waals surface area contributed by atoms with Crippen LogP contribution in [0.2, 0.25) is 0 Å². The van der Waals surface area contributed by atoms with Crippen molar-refractivity contribution in [2.75, 3.05) is 6.54 Å².